The summed E-state index contributed by atoms with van der Waals surface area (Å²) in [7, 11) is 0. The van der Waals surface area contributed by atoms with Crippen LogP contribution in [0, 0.1) is 29.1 Å². The second-order valence-corrected chi connectivity index (χ2v) is 6.38. The van der Waals surface area contributed by atoms with Crippen LogP contribution in [0.2, 0.25) is 0 Å². The molecule has 0 aromatic rings. The first-order chi connectivity index (χ1) is 7.07. The van der Waals surface area contributed by atoms with Crippen molar-refractivity contribution in [2.75, 3.05) is 13.2 Å². The van der Waals surface area contributed by atoms with Crippen LogP contribution >= 0.6 is 0 Å². The summed E-state index contributed by atoms with van der Waals surface area (Å²) in [6, 6.07) is 0. The standard InChI is InChI=1S/C14H26O/c1-10(2)12-5-6-14(7-8-15-9-14)13(12)11(3)4/h10-13H,5-9H2,1-4H3. The molecule has 2 aliphatic rings. The molecule has 1 heteroatoms. The average Bonchev–Trinajstić information content (AvgIpc) is 2.74. The summed E-state index contributed by atoms with van der Waals surface area (Å²) >= 11 is 0. The second kappa shape index (κ2) is 4.08. The molecular weight excluding hydrogens is 184 g/mol. The van der Waals surface area contributed by atoms with Crippen molar-refractivity contribution >= 4 is 0 Å². The summed E-state index contributed by atoms with van der Waals surface area (Å²) in [5.41, 5.74) is 0.559. The Morgan fingerprint density at radius 2 is 1.80 bits per heavy atom. The van der Waals surface area contributed by atoms with Gasteiger partial charge >= 0.3 is 0 Å². The maximum absolute atomic E-state index is 5.69. The van der Waals surface area contributed by atoms with Gasteiger partial charge in [-0.15, -0.1) is 0 Å². The van der Waals surface area contributed by atoms with E-state index >= 15 is 0 Å². The largest absolute Gasteiger partial charge is 0.381 e. The molecule has 1 heterocycles. The Kier molecular flexibility index (Phi) is 3.12. The van der Waals surface area contributed by atoms with Gasteiger partial charge in [-0.2, -0.15) is 0 Å². The Morgan fingerprint density at radius 3 is 2.27 bits per heavy atom. The normalized spacial score (nSPS) is 41.2. The van der Waals surface area contributed by atoms with Crippen LogP contribution in [0.15, 0.2) is 0 Å². The van der Waals surface area contributed by atoms with Crippen LogP contribution in [-0.2, 0) is 4.74 Å². The predicted molar refractivity (Wildman–Crippen MR) is 63.8 cm³/mol. The van der Waals surface area contributed by atoms with Gasteiger partial charge in [-0.25, -0.2) is 0 Å². The minimum absolute atomic E-state index is 0.559. The third kappa shape index (κ3) is 1.84. The highest BCUT2D eigenvalue weighted by molar-refractivity contribution is 5.00. The molecule has 1 aliphatic carbocycles. The molecule has 0 aromatic heterocycles. The molecule has 0 bridgehead atoms. The summed E-state index contributed by atoms with van der Waals surface area (Å²) in [5.74, 6) is 3.51. The molecule has 3 unspecified atom stereocenters. The van der Waals surface area contributed by atoms with Gasteiger partial charge in [0.25, 0.3) is 0 Å². The lowest BCUT2D eigenvalue weighted by atomic mass is 9.67. The second-order valence-electron chi connectivity index (χ2n) is 6.38. The zero-order valence-corrected chi connectivity index (χ0v) is 10.8. The monoisotopic (exact) mass is 210 g/mol. The fraction of sp³-hybridized carbons (Fsp3) is 1.00. The number of ether oxygens (including phenoxy) is 1. The van der Waals surface area contributed by atoms with Gasteiger partial charge in [-0.3, -0.25) is 0 Å². The molecule has 2 rings (SSSR count). The van der Waals surface area contributed by atoms with Gasteiger partial charge in [0.15, 0.2) is 0 Å². The minimum Gasteiger partial charge on any atom is -0.381 e. The molecule has 88 valence electrons. The maximum atomic E-state index is 5.69. The molecule has 1 nitrogen and oxygen atoms in total. The highest BCUT2D eigenvalue weighted by Gasteiger charge is 2.51. The molecular formula is C14H26O. The third-order valence-corrected chi connectivity index (χ3v) is 4.85. The molecule has 3 atom stereocenters. The highest BCUT2D eigenvalue weighted by atomic mass is 16.5. The van der Waals surface area contributed by atoms with E-state index in [4.69, 9.17) is 4.74 Å². The fourth-order valence-electron chi connectivity index (χ4n) is 4.29. The van der Waals surface area contributed by atoms with E-state index in [1.54, 1.807) is 0 Å². The minimum atomic E-state index is 0.559. The molecule has 0 amide bonds. The summed E-state index contributed by atoms with van der Waals surface area (Å²) in [5, 5.41) is 0. The summed E-state index contributed by atoms with van der Waals surface area (Å²) in [4.78, 5) is 0. The maximum Gasteiger partial charge on any atom is 0.0526 e. The number of rotatable bonds is 2. The van der Waals surface area contributed by atoms with E-state index in [-0.39, 0.29) is 0 Å². The molecule has 1 spiro atoms. The van der Waals surface area contributed by atoms with E-state index in [0.29, 0.717) is 5.41 Å². The summed E-state index contributed by atoms with van der Waals surface area (Å²) in [6.45, 7) is 11.7. The van der Waals surface area contributed by atoms with Crippen molar-refractivity contribution in [3.05, 3.63) is 0 Å². The Morgan fingerprint density at radius 1 is 1.07 bits per heavy atom. The molecule has 0 N–H and O–H groups in total. The van der Waals surface area contributed by atoms with Crippen LogP contribution in [0.5, 0.6) is 0 Å². The van der Waals surface area contributed by atoms with E-state index in [9.17, 15) is 0 Å². The molecule has 15 heavy (non-hydrogen) atoms. The van der Waals surface area contributed by atoms with Crippen molar-refractivity contribution in [1.29, 1.82) is 0 Å². The van der Waals surface area contributed by atoms with E-state index < -0.39 is 0 Å². The summed E-state index contributed by atoms with van der Waals surface area (Å²) < 4.78 is 5.69. The molecule has 0 radical (unpaired) electrons. The number of hydrogen-bond acceptors (Lipinski definition) is 1. The van der Waals surface area contributed by atoms with Crippen LogP contribution in [0.3, 0.4) is 0 Å². The van der Waals surface area contributed by atoms with Gasteiger partial charge in [0, 0.05) is 6.61 Å². The SMILES string of the molecule is CC(C)C1CCC2(CCOC2)C1C(C)C. The zero-order valence-electron chi connectivity index (χ0n) is 10.8. The average molecular weight is 210 g/mol. The van der Waals surface area contributed by atoms with Gasteiger partial charge in [0.1, 0.15) is 0 Å². The lowest BCUT2D eigenvalue weighted by Crippen LogP contribution is -2.34. The van der Waals surface area contributed by atoms with E-state index in [2.05, 4.69) is 27.7 Å². The molecule has 1 saturated carbocycles. The topological polar surface area (TPSA) is 9.23 Å². The van der Waals surface area contributed by atoms with E-state index in [1.165, 1.54) is 19.3 Å². The molecule has 1 aliphatic heterocycles. The van der Waals surface area contributed by atoms with Gasteiger partial charge < -0.3 is 4.74 Å². The van der Waals surface area contributed by atoms with Crippen molar-refractivity contribution in [1.82, 2.24) is 0 Å². The Bertz CT molecular complexity index is 213. The van der Waals surface area contributed by atoms with Crippen LogP contribution < -0.4 is 0 Å². The Hall–Kier alpha value is -0.0400. The predicted octanol–water partition coefficient (Wildman–Crippen LogP) is 3.73. The van der Waals surface area contributed by atoms with Crippen LogP contribution in [0.25, 0.3) is 0 Å². The first-order valence-electron chi connectivity index (χ1n) is 6.64. The first kappa shape index (κ1) is 11.4. The Labute approximate surface area is 94.6 Å². The Balaban J connectivity index is 2.20. The van der Waals surface area contributed by atoms with Crippen LogP contribution in [-0.4, -0.2) is 13.2 Å². The fourth-order valence-corrected chi connectivity index (χ4v) is 4.29. The molecule has 0 aromatic carbocycles. The van der Waals surface area contributed by atoms with Crippen molar-refractivity contribution in [3.63, 3.8) is 0 Å². The zero-order chi connectivity index (χ0) is 11.1. The van der Waals surface area contributed by atoms with Gasteiger partial charge in [-0.1, -0.05) is 27.7 Å². The smallest absolute Gasteiger partial charge is 0.0526 e. The van der Waals surface area contributed by atoms with Crippen LogP contribution in [0.4, 0.5) is 0 Å². The van der Waals surface area contributed by atoms with Gasteiger partial charge in [0.05, 0.1) is 6.61 Å². The van der Waals surface area contributed by atoms with Gasteiger partial charge in [-0.05, 0) is 48.3 Å². The van der Waals surface area contributed by atoms with Gasteiger partial charge in [0.2, 0.25) is 0 Å². The lowest BCUT2D eigenvalue weighted by molar-refractivity contribution is 0.0749. The quantitative estimate of drug-likeness (QED) is 0.675. The van der Waals surface area contributed by atoms with Crippen molar-refractivity contribution < 1.29 is 4.74 Å². The summed E-state index contributed by atoms with van der Waals surface area (Å²) in [6.07, 6.45) is 4.17. The lowest BCUT2D eigenvalue weighted by Gasteiger charge is -2.37. The van der Waals surface area contributed by atoms with E-state index in [0.717, 1.165) is 36.9 Å². The van der Waals surface area contributed by atoms with Crippen molar-refractivity contribution in [2.24, 2.45) is 29.1 Å². The molecule has 2 fully saturated rings. The highest BCUT2D eigenvalue weighted by Crippen LogP contribution is 2.56. The van der Waals surface area contributed by atoms with E-state index in [1.807, 2.05) is 0 Å². The first-order valence-corrected chi connectivity index (χ1v) is 6.64. The van der Waals surface area contributed by atoms with Crippen LogP contribution in [0.1, 0.15) is 47.0 Å². The number of hydrogen-bond donors (Lipinski definition) is 0. The van der Waals surface area contributed by atoms with Crippen molar-refractivity contribution in [2.45, 2.75) is 47.0 Å². The van der Waals surface area contributed by atoms with Crippen molar-refractivity contribution in [3.8, 4) is 0 Å². The third-order valence-electron chi connectivity index (χ3n) is 4.85. The molecule has 1 saturated heterocycles.